The zero-order valence-electron chi connectivity index (χ0n) is 11.1. The molecule has 0 saturated heterocycles. The van der Waals surface area contributed by atoms with Crippen LogP contribution in [0.15, 0.2) is 47.4 Å². The molecule has 1 atom stereocenters. The van der Waals surface area contributed by atoms with E-state index < -0.39 is 13.2 Å². The maximum absolute atomic E-state index is 10.4. The van der Waals surface area contributed by atoms with Crippen molar-refractivity contribution in [3.05, 3.63) is 59.2 Å². The summed E-state index contributed by atoms with van der Waals surface area (Å²) < 4.78 is 5.17. The molecule has 0 bridgehead atoms. The number of fused-ring (bicyclic) bond motifs is 1. The second-order valence-electron chi connectivity index (χ2n) is 4.80. The van der Waals surface area contributed by atoms with Crippen LogP contribution in [-0.2, 0) is 11.3 Å². The van der Waals surface area contributed by atoms with Crippen LogP contribution in [0.4, 0.5) is 0 Å². The summed E-state index contributed by atoms with van der Waals surface area (Å²) in [6.07, 6.45) is 1.33. The normalized spacial score (nSPS) is 15.2. The van der Waals surface area contributed by atoms with Crippen LogP contribution in [0.1, 0.15) is 22.8 Å². The predicted octanol–water partition coefficient (Wildman–Crippen LogP) is 1.71. The van der Waals surface area contributed by atoms with Gasteiger partial charge in [0.25, 0.3) is 0 Å². The number of aliphatic hydroxyl groups excluding tert-OH is 1. The summed E-state index contributed by atoms with van der Waals surface area (Å²) in [6, 6.07) is 13.4. The molecule has 0 fully saturated rings. The summed E-state index contributed by atoms with van der Waals surface area (Å²) in [5, 5.41) is 20.2. The summed E-state index contributed by atoms with van der Waals surface area (Å²) in [5.74, 6) is 0. The molecule has 2 aromatic rings. The molecule has 0 amide bonds. The smallest absolute Gasteiger partial charge is 0.423 e. The zero-order valence-corrected chi connectivity index (χ0v) is 11.9. The van der Waals surface area contributed by atoms with E-state index in [0.717, 1.165) is 22.2 Å². The van der Waals surface area contributed by atoms with Gasteiger partial charge in [0.15, 0.2) is 0 Å². The first-order chi connectivity index (χ1) is 9.69. The summed E-state index contributed by atoms with van der Waals surface area (Å²) in [4.78, 5) is 1.17. The van der Waals surface area contributed by atoms with E-state index in [2.05, 4.69) is 0 Å². The first-order valence-electron chi connectivity index (χ1n) is 6.43. The van der Waals surface area contributed by atoms with Crippen molar-refractivity contribution < 1.29 is 14.8 Å². The van der Waals surface area contributed by atoms with Crippen LogP contribution in [0.25, 0.3) is 0 Å². The fourth-order valence-corrected chi connectivity index (χ4v) is 2.79. The van der Waals surface area contributed by atoms with E-state index in [0.29, 0.717) is 6.61 Å². The summed E-state index contributed by atoms with van der Waals surface area (Å²) in [6.45, 7) is 0.426. The molecule has 0 saturated carbocycles. The molecule has 2 N–H and O–H groups in total. The van der Waals surface area contributed by atoms with Crippen molar-refractivity contribution in [3.8, 4) is 0 Å². The van der Waals surface area contributed by atoms with Gasteiger partial charge in [-0.25, -0.2) is 0 Å². The fourth-order valence-electron chi connectivity index (χ4n) is 2.38. The Labute approximate surface area is 122 Å². The lowest BCUT2D eigenvalue weighted by Gasteiger charge is -2.13. The molecule has 20 heavy (non-hydrogen) atoms. The third-order valence-electron chi connectivity index (χ3n) is 3.58. The van der Waals surface area contributed by atoms with Crippen LogP contribution >= 0.6 is 11.8 Å². The van der Waals surface area contributed by atoms with Gasteiger partial charge in [-0.15, -0.1) is 11.8 Å². The maximum Gasteiger partial charge on any atom is 0.491 e. The molecule has 1 unspecified atom stereocenters. The third-order valence-corrected chi connectivity index (χ3v) is 4.32. The van der Waals surface area contributed by atoms with Crippen molar-refractivity contribution in [2.75, 3.05) is 6.26 Å². The second-order valence-corrected chi connectivity index (χ2v) is 5.68. The molecular formula is C15H15BO3S. The first-order valence-corrected chi connectivity index (χ1v) is 7.66. The van der Waals surface area contributed by atoms with E-state index in [4.69, 9.17) is 4.65 Å². The number of hydrogen-bond acceptors (Lipinski definition) is 4. The Hall–Kier alpha value is -1.27. The van der Waals surface area contributed by atoms with Crippen LogP contribution in [0.5, 0.6) is 0 Å². The molecule has 5 heteroatoms. The Bertz CT molecular complexity index is 615. The standard InChI is InChI=1S/C15H15BO3S/c1-20-13-6-4-10(5-7-13)15(17)11-2-3-12-9-19-16(18)14(12)8-11/h2-8,15,17-18H,9H2,1H3. The Morgan fingerprint density at radius 2 is 1.85 bits per heavy atom. The highest BCUT2D eigenvalue weighted by Crippen LogP contribution is 2.25. The van der Waals surface area contributed by atoms with Gasteiger partial charge >= 0.3 is 7.12 Å². The molecule has 1 aliphatic rings. The number of thioether (sulfide) groups is 1. The topological polar surface area (TPSA) is 49.7 Å². The molecule has 1 aliphatic heterocycles. The van der Waals surface area contributed by atoms with E-state index in [-0.39, 0.29) is 0 Å². The summed E-state index contributed by atoms with van der Waals surface area (Å²) in [5.41, 5.74) is 3.34. The van der Waals surface area contributed by atoms with Crippen molar-refractivity contribution in [2.24, 2.45) is 0 Å². The van der Waals surface area contributed by atoms with Gasteiger partial charge in [0.2, 0.25) is 0 Å². The van der Waals surface area contributed by atoms with Crippen molar-refractivity contribution in [3.63, 3.8) is 0 Å². The minimum absolute atomic E-state index is 0.426. The predicted molar refractivity (Wildman–Crippen MR) is 81.1 cm³/mol. The molecule has 0 spiro atoms. The highest BCUT2D eigenvalue weighted by atomic mass is 32.2. The molecular weight excluding hydrogens is 271 g/mol. The molecule has 0 aliphatic carbocycles. The van der Waals surface area contributed by atoms with E-state index in [9.17, 15) is 10.1 Å². The van der Waals surface area contributed by atoms with Gasteiger partial charge in [-0.2, -0.15) is 0 Å². The van der Waals surface area contributed by atoms with Crippen molar-refractivity contribution >= 4 is 24.3 Å². The van der Waals surface area contributed by atoms with Gasteiger partial charge < -0.3 is 14.8 Å². The average molecular weight is 286 g/mol. The van der Waals surface area contributed by atoms with Gasteiger partial charge in [-0.1, -0.05) is 30.3 Å². The van der Waals surface area contributed by atoms with Crippen molar-refractivity contribution in [1.29, 1.82) is 0 Å². The minimum atomic E-state index is -0.879. The van der Waals surface area contributed by atoms with Crippen LogP contribution in [0, 0.1) is 0 Å². The van der Waals surface area contributed by atoms with Gasteiger partial charge in [0, 0.05) is 4.90 Å². The quantitative estimate of drug-likeness (QED) is 0.666. The summed E-state index contributed by atoms with van der Waals surface area (Å²) in [7, 11) is -0.879. The van der Waals surface area contributed by atoms with E-state index in [1.807, 2.05) is 48.7 Å². The lowest BCUT2D eigenvalue weighted by molar-refractivity contribution is 0.220. The molecule has 0 aromatic heterocycles. The lowest BCUT2D eigenvalue weighted by atomic mass is 9.78. The Morgan fingerprint density at radius 3 is 2.55 bits per heavy atom. The molecule has 2 aromatic carbocycles. The van der Waals surface area contributed by atoms with Crippen LogP contribution in [-0.4, -0.2) is 23.5 Å². The number of benzene rings is 2. The molecule has 0 radical (unpaired) electrons. The number of rotatable bonds is 3. The van der Waals surface area contributed by atoms with Gasteiger partial charge in [-0.3, -0.25) is 0 Å². The van der Waals surface area contributed by atoms with Gasteiger partial charge in [-0.05, 0) is 40.5 Å². The van der Waals surface area contributed by atoms with E-state index in [1.165, 1.54) is 4.90 Å². The first kappa shape index (κ1) is 13.7. The Kier molecular flexibility index (Phi) is 3.85. The van der Waals surface area contributed by atoms with Crippen molar-refractivity contribution in [2.45, 2.75) is 17.6 Å². The monoisotopic (exact) mass is 286 g/mol. The highest BCUT2D eigenvalue weighted by molar-refractivity contribution is 7.98. The zero-order chi connectivity index (χ0) is 14.1. The van der Waals surface area contributed by atoms with Gasteiger partial charge in [0.1, 0.15) is 6.10 Å². The van der Waals surface area contributed by atoms with Gasteiger partial charge in [0.05, 0.1) is 6.61 Å². The molecule has 3 rings (SSSR count). The average Bonchev–Trinajstić information content (AvgIpc) is 2.87. The summed E-state index contributed by atoms with van der Waals surface area (Å²) >= 11 is 1.67. The SMILES string of the molecule is CSc1ccc(C(O)c2ccc3c(c2)B(O)OC3)cc1. The second kappa shape index (κ2) is 5.62. The fraction of sp³-hybridized carbons (Fsp3) is 0.200. The van der Waals surface area contributed by atoms with Crippen LogP contribution in [0.2, 0.25) is 0 Å². The van der Waals surface area contributed by atoms with Crippen LogP contribution in [0.3, 0.4) is 0 Å². The Morgan fingerprint density at radius 1 is 1.15 bits per heavy atom. The van der Waals surface area contributed by atoms with E-state index >= 15 is 0 Å². The van der Waals surface area contributed by atoms with Crippen molar-refractivity contribution in [1.82, 2.24) is 0 Å². The Balaban J connectivity index is 1.90. The van der Waals surface area contributed by atoms with E-state index in [1.54, 1.807) is 11.8 Å². The minimum Gasteiger partial charge on any atom is -0.423 e. The number of hydrogen-bond donors (Lipinski definition) is 2. The van der Waals surface area contributed by atoms with Crippen LogP contribution < -0.4 is 5.46 Å². The highest BCUT2D eigenvalue weighted by Gasteiger charge is 2.28. The molecule has 102 valence electrons. The third kappa shape index (κ3) is 2.50. The lowest BCUT2D eigenvalue weighted by Crippen LogP contribution is -2.28. The molecule has 1 heterocycles. The number of aliphatic hydroxyl groups is 1. The maximum atomic E-state index is 10.4. The molecule has 3 nitrogen and oxygen atoms in total. The largest absolute Gasteiger partial charge is 0.491 e.